The molecule has 2 N–H and O–H groups in total. The zero-order valence-electron chi connectivity index (χ0n) is 14.4. The first kappa shape index (κ1) is 17.1. The molecule has 0 saturated heterocycles. The molecule has 0 aliphatic heterocycles. The summed E-state index contributed by atoms with van der Waals surface area (Å²) >= 11 is 0. The number of hydrogen-bond donors (Lipinski definition) is 2. The van der Waals surface area contributed by atoms with Crippen LogP contribution in [-0.2, 0) is 6.54 Å². The summed E-state index contributed by atoms with van der Waals surface area (Å²) in [4.78, 5) is 2.17. The van der Waals surface area contributed by atoms with E-state index in [2.05, 4.69) is 36.2 Å². The Kier molecular flexibility index (Phi) is 5.59. The van der Waals surface area contributed by atoms with E-state index in [1.165, 1.54) is 43.2 Å². The van der Waals surface area contributed by atoms with Crippen LogP contribution in [0.4, 0.5) is 5.69 Å². The maximum absolute atomic E-state index is 9.16. The zero-order chi connectivity index (χ0) is 16.9. The van der Waals surface area contributed by atoms with Crippen molar-refractivity contribution in [3.8, 4) is 0 Å². The van der Waals surface area contributed by atoms with E-state index >= 15 is 0 Å². The molecule has 1 saturated carbocycles. The summed E-state index contributed by atoms with van der Waals surface area (Å²) in [5, 5.41) is 18.3. The van der Waals surface area contributed by atoms with Gasteiger partial charge in [0.25, 0.3) is 0 Å². The van der Waals surface area contributed by atoms with Gasteiger partial charge in [-0.15, -0.1) is 0 Å². The first-order chi connectivity index (χ1) is 11.6. The summed E-state index contributed by atoms with van der Waals surface area (Å²) in [7, 11) is 0.649. The molecule has 24 heavy (non-hydrogen) atoms. The Labute approximate surface area is 145 Å². The zero-order valence-corrected chi connectivity index (χ0v) is 14.4. The lowest BCUT2D eigenvalue weighted by Crippen LogP contribution is -2.29. The van der Waals surface area contributed by atoms with Crippen LogP contribution in [0.25, 0.3) is 0 Å². The lowest BCUT2D eigenvalue weighted by atomic mass is 9.80. The Morgan fingerprint density at radius 1 is 0.917 bits per heavy atom. The van der Waals surface area contributed by atoms with Gasteiger partial charge < -0.3 is 14.9 Å². The van der Waals surface area contributed by atoms with Gasteiger partial charge in [0.2, 0.25) is 0 Å². The normalized spacial score (nSPS) is 15.3. The second-order valence-corrected chi connectivity index (χ2v) is 6.90. The minimum absolute atomic E-state index is 0.518. The summed E-state index contributed by atoms with van der Waals surface area (Å²) in [6.45, 7) is 0.839. The lowest BCUT2D eigenvalue weighted by Gasteiger charge is -2.23. The van der Waals surface area contributed by atoms with E-state index in [0.29, 0.717) is 5.46 Å². The highest BCUT2D eigenvalue weighted by Crippen LogP contribution is 2.32. The van der Waals surface area contributed by atoms with Gasteiger partial charge in [0, 0.05) is 19.3 Å². The predicted molar refractivity (Wildman–Crippen MR) is 101 cm³/mol. The average Bonchev–Trinajstić information content (AvgIpc) is 2.63. The standard InChI is InChI=1S/C20H26BNO2/c1-22(20-13-11-19(12-14-20)21(23)24)15-16-7-9-18(10-8-16)17-5-3-2-4-6-17/h7-14,17,23-24H,2-6,15H2,1H3. The topological polar surface area (TPSA) is 43.7 Å². The van der Waals surface area contributed by atoms with Gasteiger partial charge in [0.15, 0.2) is 0 Å². The fourth-order valence-corrected chi connectivity index (χ4v) is 3.60. The summed E-state index contributed by atoms with van der Waals surface area (Å²) in [5.41, 5.74) is 4.37. The molecule has 1 aliphatic rings. The highest BCUT2D eigenvalue weighted by molar-refractivity contribution is 6.58. The monoisotopic (exact) mass is 323 g/mol. The van der Waals surface area contributed by atoms with Crippen molar-refractivity contribution in [1.82, 2.24) is 0 Å². The van der Waals surface area contributed by atoms with Gasteiger partial charge >= 0.3 is 7.12 Å². The molecule has 2 aromatic carbocycles. The van der Waals surface area contributed by atoms with Crippen LogP contribution < -0.4 is 10.4 Å². The van der Waals surface area contributed by atoms with Gasteiger partial charge in [-0.25, -0.2) is 0 Å². The molecular formula is C20H26BNO2. The molecule has 0 amide bonds. The average molecular weight is 323 g/mol. The molecule has 2 aromatic rings. The summed E-state index contributed by atoms with van der Waals surface area (Å²) in [6.07, 6.45) is 6.80. The van der Waals surface area contributed by atoms with Crippen molar-refractivity contribution in [2.24, 2.45) is 0 Å². The molecular weight excluding hydrogens is 297 g/mol. The maximum atomic E-state index is 9.16. The summed E-state index contributed by atoms with van der Waals surface area (Å²) < 4.78 is 0. The van der Waals surface area contributed by atoms with Gasteiger partial charge in [0.1, 0.15) is 0 Å². The second-order valence-electron chi connectivity index (χ2n) is 6.90. The van der Waals surface area contributed by atoms with Crippen LogP contribution in [0.5, 0.6) is 0 Å². The van der Waals surface area contributed by atoms with Gasteiger partial charge in [0.05, 0.1) is 0 Å². The molecule has 0 radical (unpaired) electrons. The largest absolute Gasteiger partial charge is 0.488 e. The Balaban J connectivity index is 1.62. The molecule has 0 atom stereocenters. The molecule has 0 heterocycles. The second kappa shape index (κ2) is 7.86. The smallest absolute Gasteiger partial charge is 0.423 e. The molecule has 0 aromatic heterocycles. The van der Waals surface area contributed by atoms with Crippen LogP contribution in [0.1, 0.15) is 49.1 Å². The van der Waals surface area contributed by atoms with Crippen LogP contribution in [-0.4, -0.2) is 24.2 Å². The van der Waals surface area contributed by atoms with Crippen molar-refractivity contribution in [2.45, 2.75) is 44.6 Å². The van der Waals surface area contributed by atoms with Gasteiger partial charge in [-0.2, -0.15) is 0 Å². The van der Waals surface area contributed by atoms with Crippen molar-refractivity contribution in [2.75, 3.05) is 11.9 Å². The van der Waals surface area contributed by atoms with Crippen molar-refractivity contribution >= 4 is 18.3 Å². The molecule has 1 aliphatic carbocycles. The number of hydrogen-bond acceptors (Lipinski definition) is 3. The molecule has 0 bridgehead atoms. The molecule has 126 valence electrons. The Bertz CT molecular complexity index is 634. The van der Waals surface area contributed by atoms with Gasteiger partial charge in [-0.1, -0.05) is 55.7 Å². The number of benzene rings is 2. The lowest BCUT2D eigenvalue weighted by molar-refractivity contribution is 0.426. The fourth-order valence-electron chi connectivity index (χ4n) is 3.60. The van der Waals surface area contributed by atoms with E-state index in [1.54, 1.807) is 12.1 Å². The molecule has 0 unspecified atom stereocenters. The third kappa shape index (κ3) is 4.19. The molecule has 1 fully saturated rings. The number of nitrogens with zero attached hydrogens (tertiary/aromatic N) is 1. The minimum Gasteiger partial charge on any atom is -0.423 e. The predicted octanol–water partition coefficient (Wildman–Crippen LogP) is 3.05. The maximum Gasteiger partial charge on any atom is 0.488 e. The Hall–Kier alpha value is -1.78. The van der Waals surface area contributed by atoms with E-state index < -0.39 is 7.12 Å². The third-order valence-electron chi connectivity index (χ3n) is 5.11. The van der Waals surface area contributed by atoms with Gasteiger partial charge in [-0.3, -0.25) is 0 Å². The highest BCUT2D eigenvalue weighted by atomic mass is 16.4. The Morgan fingerprint density at radius 3 is 2.12 bits per heavy atom. The Morgan fingerprint density at radius 2 is 1.54 bits per heavy atom. The summed E-state index contributed by atoms with van der Waals surface area (Å²) in [6, 6.07) is 16.4. The first-order valence-electron chi connectivity index (χ1n) is 8.89. The van der Waals surface area contributed by atoms with Crippen molar-refractivity contribution in [3.63, 3.8) is 0 Å². The molecule has 4 heteroatoms. The van der Waals surface area contributed by atoms with E-state index in [9.17, 15) is 0 Å². The van der Waals surface area contributed by atoms with Crippen molar-refractivity contribution < 1.29 is 10.0 Å². The van der Waals surface area contributed by atoms with Crippen molar-refractivity contribution in [1.29, 1.82) is 0 Å². The van der Waals surface area contributed by atoms with Crippen LogP contribution in [0.3, 0.4) is 0 Å². The first-order valence-corrected chi connectivity index (χ1v) is 8.89. The summed E-state index contributed by atoms with van der Waals surface area (Å²) in [5.74, 6) is 0.753. The number of rotatable bonds is 5. The SMILES string of the molecule is CN(Cc1ccc(C2CCCCC2)cc1)c1ccc(B(O)O)cc1. The van der Waals surface area contributed by atoms with E-state index in [0.717, 1.165) is 18.2 Å². The van der Waals surface area contributed by atoms with E-state index in [4.69, 9.17) is 10.0 Å². The quantitative estimate of drug-likeness (QED) is 0.831. The van der Waals surface area contributed by atoms with Crippen LogP contribution in [0.15, 0.2) is 48.5 Å². The third-order valence-corrected chi connectivity index (χ3v) is 5.11. The van der Waals surface area contributed by atoms with Crippen LogP contribution in [0.2, 0.25) is 0 Å². The van der Waals surface area contributed by atoms with Crippen LogP contribution in [0, 0.1) is 0 Å². The van der Waals surface area contributed by atoms with E-state index in [1.807, 2.05) is 12.1 Å². The number of anilines is 1. The minimum atomic E-state index is -1.41. The van der Waals surface area contributed by atoms with Crippen LogP contribution >= 0.6 is 0 Å². The molecule has 0 spiro atoms. The van der Waals surface area contributed by atoms with Crippen molar-refractivity contribution in [3.05, 3.63) is 59.7 Å². The molecule has 3 nitrogen and oxygen atoms in total. The molecule has 3 rings (SSSR count). The highest BCUT2D eigenvalue weighted by Gasteiger charge is 2.15. The fraction of sp³-hybridized carbons (Fsp3) is 0.400. The van der Waals surface area contributed by atoms with E-state index in [-0.39, 0.29) is 0 Å². The van der Waals surface area contributed by atoms with Gasteiger partial charge in [-0.05, 0) is 47.5 Å².